The van der Waals surface area contributed by atoms with Crippen LogP contribution in [-0.4, -0.2) is 47.4 Å². The topological polar surface area (TPSA) is 95.9 Å². The van der Waals surface area contributed by atoms with Crippen molar-refractivity contribution >= 4 is 11.9 Å². The first-order valence-electron chi connectivity index (χ1n) is 39.1. The van der Waals surface area contributed by atoms with E-state index in [4.69, 9.17) is 4.74 Å². The first kappa shape index (κ1) is 83.3. The second-order valence-corrected chi connectivity index (χ2v) is 27.0. The van der Waals surface area contributed by atoms with Crippen LogP contribution in [0.5, 0.6) is 0 Å². The summed E-state index contributed by atoms with van der Waals surface area (Å²) in [5.41, 5.74) is 0. The second-order valence-electron chi connectivity index (χ2n) is 27.0. The molecule has 0 radical (unpaired) electrons. The number of allylic oxidation sites excluding steroid dienone is 4. The molecule has 0 aromatic carbocycles. The molecule has 0 aliphatic carbocycles. The average Bonchev–Trinajstić information content (AvgIpc) is 3.51. The highest BCUT2D eigenvalue weighted by molar-refractivity contribution is 5.76. The van der Waals surface area contributed by atoms with Gasteiger partial charge in [0.2, 0.25) is 5.91 Å². The predicted octanol–water partition coefficient (Wildman–Crippen LogP) is 25.7. The van der Waals surface area contributed by atoms with Gasteiger partial charge in [0.1, 0.15) is 0 Å². The van der Waals surface area contributed by atoms with Gasteiger partial charge < -0.3 is 20.3 Å². The summed E-state index contributed by atoms with van der Waals surface area (Å²) in [6.07, 6.45) is 95.4. The number of ether oxygens (including phenoxy) is 1. The fraction of sp³-hybridized carbons (Fsp3) is 0.924. The first-order chi connectivity index (χ1) is 42.0. The van der Waals surface area contributed by atoms with Crippen LogP contribution < -0.4 is 5.32 Å². The molecule has 1 amide bonds. The molecule has 2 atom stereocenters. The Balaban J connectivity index is 3.38. The summed E-state index contributed by atoms with van der Waals surface area (Å²) in [7, 11) is 0. The molecule has 0 saturated carbocycles. The van der Waals surface area contributed by atoms with Crippen LogP contribution in [0, 0.1) is 0 Å². The Kier molecular flexibility index (Phi) is 73.3. The highest BCUT2D eigenvalue weighted by atomic mass is 16.5. The largest absolute Gasteiger partial charge is 0.466 e. The van der Waals surface area contributed by atoms with Crippen molar-refractivity contribution in [3.63, 3.8) is 0 Å². The van der Waals surface area contributed by atoms with Crippen LogP contribution in [0.25, 0.3) is 0 Å². The highest BCUT2D eigenvalue weighted by Gasteiger charge is 2.20. The average molecular weight is 1200 g/mol. The predicted molar refractivity (Wildman–Crippen MR) is 375 cm³/mol. The van der Waals surface area contributed by atoms with E-state index in [0.717, 1.165) is 44.9 Å². The minimum Gasteiger partial charge on any atom is -0.466 e. The van der Waals surface area contributed by atoms with Crippen LogP contribution in [0.1, 0.15) is 444 Å². The summed E-state index contributed by atoms with van der Waals surface area (Å²) < 4.78 is 5.51. The molecule has 0 aromatic rings. The van der Waals surface area contributed by atoms with Gasteiger partial charge in [-0.3, -0.25) is 9.59 Å². The van der Waals surface area contributed by atoms with E-state index in [1.54, 1.807) is 0 Å². The Bertz CT molecular complexity index is 1330. The molecule has 0 aliphatic heterocycles. The smallest absolute Gasteiger partial charge is 0.305 e. The molecular weight excluding hydrogens is 1040 g/mol. The molecule has 0 spiro atoms. The summed E-state index contributed by atoms with van der Waals surface area (Å²) in [5, 5.41) is 23.5. The number of hydrogen-bond acceptors (Lipinski definition) is 5. The number of aliphatic hydroxyl groups is 2. The molecule has 0 bridgehead atoms. The third-order valence-electron chi connectivity index (χ3n) is 18.5. The fourth-order valence-electron chi connectivity index (χ4n) is 12.5. The Labute approximate surface area is 532 Å². The lowest BCUT2D eigenvalue weighted by molar-refractivity contribution is -0.143. The standard InChI is InChI=1S/C79H153NO5/c1-3-5-7-9-11-13-15-17-19-21-23-24-25-29-32-36-39-43-47-51-55-59-63-67-71-77(82)76(75-81)80-78(83)72-68-64-60-56-52-48-44-40-37-33-30-27-26-28-31-34-38-42-46-50-54-58-62-66-70-74-85-79(84)73-69-65-61-57-53-49-45-41-35-22-20-18-16-14-12-10-8-6-4-2/h18,20,27,30,76-77,81-82H,3-17,19,21-26,28-29,31-75H2,1-2H3,(H,80,83)/b20-18-,30-27-. The fourth-order valence-corrected chi connectivity index (χ4v) is 12.5. The van der Waals surface area contributed by atoms with Crippen molar-refractivity contribution in [2.24, 2.45) is 0 Å². The number of amides is 1. The van der Waals surface area contributed by atoms with Crippen molar-refractivity contribution in [1.29, 1.82) is 0 Å². The zero-order valence-corrected chi connectivity index (χ0v) is 57.9. The minimum atomic E-state index is -0.668. The number of carbonyl (C=O) groups excluding carboxylic acids is 2. The molecular formula is C79H153NO5. The number of carbonyl (C=O) groups is 2. The van der Waals surface area contributed by atoms with Crippen LogP contribution >= 0.6 is 0 Å². The molecule has 6 heteroatoms. The lowest BCUT2D eigenvalue weighted by atomic mass is 10.0. The number of aliphatic hydroxyl groups excluding tert-OH is 2. The lowest BCUT2D eigenvalue weighted by Gasteiger charge is -2.22. The van der Waals surface area contributed by atoms with Gasteiger partial charge in [0.25, 0.3) is 0 Å². The van der Waals surface area contributed by atoms with Crippen molar-refractivity contribution in [1.82, 2.24) is 5.32 Å². The Morgan fingerprint density at radius 2 is 0.553 bits per heavy atom. The Morgan fingerprint density at radius 1 is 0.318 bits per heavy atom. The molecule has 3 N–H and O–H groups in total. The van der Waals surface area contributed by atoms with E-state index >= 15 is 0 Å². The van der Waals surface area contributed by atoms with E-state index in [1.807, 2.05) is 0 Å². The summed E-state index contributed by atoms with van der Waals surface area (Å²) >= 11 is 0. The minimum absolute atomic E-state index is 0.0143. The quantitative estimate of drug-likeness (QED) is 0.0320. The number of unbranched alkanes of at least 4 members (excludes halogenated alkanes) is 59. The van der Waals surface area contributed by atoms with E-state index in [-0.39, 0.29) is 18.5 Å². The van der Waals surface area contributed by atoms with Gasteiger partial charge >= 0.3 is 5.97 Å². The number of esters is 1. The van der Waals surface area contributed by atoms with Gasteiger partial charge in [-0.05, 0) is 77.0 Å². The van der Waals surface area contributed by atoms with Crippen LogP contribution in [-0.2, 0) is 14.3 Å². The maximum absolute atomic E-state index is 12.6. The van der Waals surface area contributed by atoms with Gasteiger partial charge in [-0.25, -0.2) is 0 Å². The zero-order chi connectivity index (χ0) is 61.3. The number of nitrogens with one attached hydrogen (secondary N) is 1. The number of hydrogen-bond donors (Lipinski definition) is 3. The molecule has 0 rings (SSSR count). The van der Waals surface area contributed by atoms with Gasteiger partial charge in [-0.15, -0.1) is 0 Å². The van der Waals surface area contributed by atoms with E-state index in [9.17, 15) is 19.8 Å². The summed E-state index contributed by atoms with van der Waals surface area (Å²) in [6.45, 7) is 5.00. The van der Waals surface area contributed by atoms with Gasteiger partial charge in [0.15, 0.2) is 0 Å². The van der Waals surface area contributed by atoms with Crippen molar-refractivity contribution in [3.8, 4) is 0 Å². The number of rotatable bonds is 74. The Hall–Kier alpha value is -1.66. The van der Waals surface area contributed by atoms with Gasteiger partial charge in [0.05, 0.1) is 25.4 Å². The van der Waals surface area contributed by atoms with Gasteiger partial charge in [-0.1, -0.05) is 378 Å². The molecule has 0 aliphatic rings. The maximum Gasteiger partial charge on any atom is 0.305 e. The molecule has 0 heterocycles. The van der Waals surface area contributed by atoms with Crippen molar-refractivity contribution in [2.75, 3.05) is 13.2 Å². The molecule has 0 aromatic heterocycles. The SMILES string of the molecule is CCCCCCCC/C=C\CCCCCCCCCCCC(=O)OCCCCCCCCCCCCCC/C=C\CCCCCCCCCCCC(=O)NC(CO)C(O)CCCCCCCCCCCCCCCCCCCCCCCCCC. The molecule has 2 unspecified atom stereocenters. The summed E-state index contributed by atoms with van der Waals surface area (Å²) in [5.74, 6) is -0.0183. The normalized spacial score (nSPS) is 12.6. The molecule has 6 nitrogen and oxygen atoms in total. The Morgan fingerprint density at radius 3 is 0.835 bits per heavy atom. The molecule has 0 fully saturated rings. The highest BCUT2D eigenvalue weighted by Crippen LogP contribution is 2.20. The molecule has 85 heavy (non-hydrogen) atoms. The van der Waals surface area contributed by atoms with E-state index in [2.05, 4.69) is 43.5 Å². The maximum atomic E-state index is 12.6. The van der Waals surface area contributed by atoms with Crippen molar-refractivity contribution in [2.45, 2.75) is 456 Å². The summed E-state index contributed by atoms with van der Waals surface area (Å²) in [6, 6.07) is -0.545. The monoisotopic (exact) mass is 1200 g/mol. The zero-order valence-electron chi connectivity index (χ0n) is 57.9. The van der Waals surface area contributed by atoms with Crippen molar-refractivity contribution < 1.29 is 24.5 Å². The lowest BCUT2D eigenvalue weighted by Crippen LogP contribution is -2.45. The van der Waals surface area contributed by atoms with Crippen LogP contribution in [0.3, 0.4) is 0 Å². The molecule has 0 saturated heterocycles. The second kappa shape index (κ2) is 74.8. The van der Waals surface area contributed by atoms with Crippen LogP contribution in [0.2, 0.25) is 0 Å². The van der Waals surface area contributed by atoms with Crippen molar-refractivity contribution in [3.05, 3.63) is 24.3 Å². The third-order valence-corrected chi connectivity index (χ3v) is 18.5. The van der Waals surface area contributed by atoms with Gasteiger partial charge in [0, 0.05) is 12.8 Å². The van der Waals surface area contributed by atoms with Crippen LogP contribution in [0.15, 0.2) is 24.3 Å². The molecule has 504 valence electrons. The first-order valence-corrected chi connectivity index (χ1v) is 39.1. The van der Waals surface area contributed by atoms with E-state index in [1.165, 1.54) is 366 Å². The van der Waals surface area contributed by atoms with Gasteiger partial charge in [-0.2, -0.15) is 0 Å². The van der Waals surface area contributed by atoms with E-state index in [0.29, 0.717) is 25.9 Å². The van der Waals surface area contributed by atoms with Crippen LogP contribution in [0.4, 0.5) is 0 Å². The van der Waals surface area contributed by atoms with E-state index < -0.39 is 12.1 Å². The third kappa shape index (κ3) is 71.3. The summed E-state index contributed by atoms with van der Waals surface area (Å²) in [4.78, 5) is 24.7.